The molecule has 4 aromatic rings. The van der Waals surface area contributed by atoms with Gasteiger partial charge >= 0.3 is 0 Å². The molecule has 0 bridgehead atoms. The number of nitrogens with zero attached hydrogens (tertiary/aromatic N) is 1. The van der Waals surface area contributed by atoms with Crippen molar-refractivity contribution in [1.82, 2.24) is 4.40 Å². The van der Waals surface area contributed by atoms with Gasteiger partial charge in [0.1, 0.15) is 0 Å². The minimum Gasteiger partial charge on any atom is -0.868 e. The highest BCUT2D eigenvalue weighted by molar-refractivity contribution is 6.09. The van der Waals surface area contributed by atoms with Gasteiger partial charge in [0.05, 0.1) is 5.52 Å². The average Bonchev–Trinajstić information content (AvgIpc) is 3.06. The molecular weight excluding hydrogens is 376 g/mol. The normalized spacial score (nSPS) is 12.2. The Morgan fingerprint density at radius 3 is 2.43 bits per heavy atom. The van der Waals surface area contributed by atoms with Crippen molar-refractivity contribution in [3.8, 4) is 11.1 Å². The SMILES string of the molecule is CCc1c(Cc2ccccc2-c2ccccc2)n2ccc(=O)cc2c1=C([O-])C(N)=O. The summed E-state index contributed by atoms with van der Waals surface area (Å²) in [6.07, 6.45) is 2.74. The summed E-state index contributed by atoms with van der Waals surface area (Å²) in [6, 6.07) is 21.0. The summed E-state index contributed by atoms with van der Waals surface area (Å²) in [5, 5.41) is 12.8. The average molecular weight is 397 g/mol. The fourth-order valence-corrected chi connectivity index (χ4v) is 4.06. The molecule has 5 nitrogen and oxygen atoms in total. The summed E-state index contributed by atoms with van der Waals surface area (Å²) in [5.41, 5.74) is 10.4. The second kappa shape index (κ2) is 7.87. The second-order valence-electron chi connectivity index (χ2n) is 7.16. The number of nitrogens with two attached hydrogens (primary N) is 1. The molecule has 0 saturated carbocycles. The number of primary amides is 1. The monoisotopic (exact) mass is 397 g/mol. The lowest BCUT2D eigenvalue weighted by atomic mass is 9.95. The number of rotatable bonds is 5. The largest absolute Gasteiger partial charge is 0.868 e. The molecule has 2 heterocycles. The Balaban J connectivity index is 2.00. The van der Waals surface area contributed by atoms with Gasteiger partial charge in [-0.3, -0.25) is 9.59 Å². The van der Waals surface area contributed by atoms with Gasteiger partial charge in [-0.15, -0.1) is 0 Å². The van der Waals surface area contributed by atoms with Crippen LogP contribution in [-0.2, 0) is 17.6 Å². The minimum absolute atomic E-state index is 0.225. The van der Waals surface area contributed by atoms with Crippen molar-refractivity contribution in [3.63, 3.8) is 0 Å². The standard InChI is InChI=1S/C25H22N2O3/c1-2-19-21(14-17-10-6-7-11-20(17)16-8-4-3-5-9-16)27-13-12-18(28)15-22(27)23(19)24(29)25(26)30/h3-13,15,29H,2,14H2,1H3,(H2,26,30)/p-1. The van der Waals surface area contributed by atoms with E-state index in [0.29, 0.717) is 18.4 Å². The molecule has 0 unspecified atom stereocenters. The van der Waals surface area contributed by atoms with Gasteiger partial charge in [0, 0.05) is 35.7 Å². The quantitative estimate of drug-likeness (QED) is 0.557. The fraction of sp³-hybridized carbons (Fsp3) is 0.120. The van der Waals surface area contributed by atoms with E-state index in [-0.39, 0.29) is 10.6 Å². The molecule has 0 fully saturated rings. The number of carbonyl (C=O) groups is 1. The Labute approximate surface area is 173 Å². The van der Waals surface area contributed by atoms with E-state index in [9.17, 15) is 14.7 Å². The van der Waals surface area contributed by atoms with E-state index in [2.05, 4.69) is 24.3 Å². The Hall–Kier alpha value is -3.86. The summed E-state index contributed by atoms with van der Waals surface area (Å²) in [7, 11) is 0. The molecule has 1 amide bonds. The first-order valence-electron chi connectivity index (χ1n) is 9.81. The van der Waals surface area contributed by atoms with Crippen LogP contribution in [0.2, 0.25) is 0 Å². The van der Waals surface area contributed by atoms with Gasteiger partial charge in [0.25, 0.3) is 0 Å². The van der Waals surface area contributed by atoms with E-state index in [0.717, 1.165) is 27.9 Å². The van der Waals surface area contributed by atoms with Crippen LogP contribution in [-0.4, -0.2) is 10.3 Å². The maximum Gasteiger partial charge on any atom is 0.234 e. The fourth-order valence-electron chi connectivity index (χ4n) is 4.06. The summed E-state index contributed by atoms with van der Waals surface area (Å²) in [6.45, 7) is 1.93. The molecule has 150 valence electrons. The number of amides is 1. The summed E-state index contributed by atoms with van der Waals surface area (Å²) in [5.74, 6) is -1.79. The number of hydrogen-bond acceptors (Lipinski definition) is 3. The van der Waals surface area contributed by atoms with E-state index in [4.69, 9.17) is 5.73 Å². The smallest absolute Gasteiger partial charge is 0.234 e. The number of carbonyl (C=O) groups excluding carboxylic acids is 1. The summed E-state index contributed by atoms with van der Waals surface area (Å²) in [4.78, 5) is 23.7. The molecule has 0 atom stereocenters. The third-order valence-electron chi connectivity index (χ3n) is 5.39. The van der Waals surface area contributed by atoms with Crippen molar-refractivity contribution in [2.45, 2.75) is 19.8 Å². The first-order valence-corrected chi connectivity index (χ1v) is 9.81. The van der Waals surface area contributed by atoms with Crippen molar-refractivity contribution in [2.24, 2.45) is 5.73 Å². The molecule has 2 N–H and O–H groups in total. The maximum atomic E-state index is 12.6. The predicted octanol–water partition coefficient (Wildman–Crippen LogP) is 1.79. The lowest BCUT2D eigenvalue weighted by Crippen LogP contribution is -2.30. The Kier molecular flexibility index (Phi) is 5.11. The lowest BCUT2D eigenvalue weighted by Gasteiger charge is -2.12. The molecular formula is C25H21N2O3-. The minimum atomic E-state index is -1.02. The molecule has 0 radical (unpaired) electrons. The van der Waals surface area contributed by atoms with E-state index in [1.54, 1.807) is 6.20 Å². The van der Waals surface area contributed by atoms with Gasteiger partial charge in [0.15, 0.2) is 5.43 Å². The molecule has 30 heavy (non-hydrogen) atoms. The molecule has 2 aromatic heterocycles. The van der Waals surface area contributed by atoms with Crippen LogP contribution in [0.5, 0.6) is 0 Å². The zero-order valence-electron chi connectivity index (χ0n) is 16.6. The van der Waals surface area contributed by atoms with Crippen molar-refractivity contribution in [1.29, 1.82) is 0 Å². The van der Waals surface area contributed by atoms with Crippen molar-refractivity contribution < 1.29 is 9.90 Å². The number of aromatic nitrogens is 1. The van der Waals surface area contributed by atoms with E-state index < -0.39 is 11.7 Å². The lowest BCUT2D eigenvalue weighted by molar-refractivity contribution is -0.248. The van der Waals surface area contributed by atoms with Crippen molar-refractivity contribution in [3.05, 3.63) is 105 Å². The highest BCUT2D eigenvalue weighted by Gasteiger charge is 2.16. The Morgan fingerprint density at radius 2 is 1.73 bits per heavy atom. The van der Waals surface area contributed by atoms with Crippen LogP contribution in [0.4, 0.5) is 0 Å². The van der Waals surface area contributed by atoms with Gasteiger partial charge in [-0.05, 0) is 34.4 Å². The third-order valence-corrected chi connectivity index (χ3v) is 5.39. The maximum absolute atomic E-state index is 12.6. The molecule has 0 spiro atoms. The van der Waals surface area contributed by atoms with E-state index in [1.165, 1.54) is 12.1 Å². The highest BCUT2D eigenvalue weighted by atomic mass is 16.3. The molecule has 5 heteroatoms. The van der Waals surface area contributed by atoms with Gasteiger partial charge in [0.2, 0.25) is 5.91 Å². The van der Waals surface area contributed by atoms with Gasteiger partial charge in [-0.1, -0.05) is 61.5 Å². The van der Waals surface area contributed by atoms with Crippen LogP contribution < -0.4 is 21.5 Å². The number of benzene rings is 2. The van der Waals surface area contributed by atoms with Gasteiger partial charge in [-0.25, -0.2) is 0 Å². The van der Waals surface area contributed by atoms with E-state index in [1.807, 2.05) is 41.7 Å². The third kappa shape index (κ3) is 3.35. The van der Waals surface area contributed by atoms with Crippen LogP contribution in [0.15, 0.2) is 77.7 Å². The van der Waals surface area contributed by atoms with Crippen LogP contribution in [0.25, 0.3) is 22.4 Å². The zero-order valence-corrected chi connectivity index (χ0v) is 16.6. The van der Waals surface area contributed by atoms with Crippen molar-refractivity contribution in [2.75, 3.05) is 0 Å². The first-order chi connectivity index (χ1) is 14.5. The number of fused-ring (bicyclic) bond motifs is 1. The Bertz CT molecular complexity index is 1350. The van der Waals surface area contributed by atoms with Gasteiger partial charge in [-0.2, -0.15) is 0 Å². The molecule has 0 aliphatic carbocycles. The van der Waals surface area contributed by atoms with Gasteiger partial charge < -0.3 is 15.2 Å². The molecule has 0 aliphatic rings. The van der Waals surface area contributed by atoms with Crippen molar-refractivity contribution >= 4 is 17.2 Å². The summed E-state index contributed by atoms with van der Waals surface area (Å²) >= 11 is 0. The van der Waals surface area contributed by atoms with Crippen LogP contribution in [0.3, 0.4) is 0 Å². The summed E-state index contributed by atoms with van der Waals surface area (Å²) < 4.78 is 1.83. The molecule has 0 saturated heterocycles. The van der Waals surface area contributed by atoms with Crippen LogP contribution in [0.1, 0.15) is 23.7 Å². The highest BCUT2D eigenvalue weighted by Crippen LogP contribution is 2.26. The number of pyridine rings is 1. The predicted molar refractivity (Wildman–Crippen MR) is 116 cm³/mol. The topological polar surface area (TPSA) is 87.6 Å². The van der Waals surface area contributed by atoms with Crippen LogP contribution in [0, 0.1) is 0 Å². The van der Waals surface area contributed by atoms with Crippen LogP contribution >= 0.6 is 0 Å². The molecule has 4 rings (SSSR count). The molecule has 0 aliphatic heterocycles. The molecule has 2 aromatic carbocycles. The zero-order chi connectivity index (χ0) is 21.3. The van der Waals surface area contributed by atoms with E-state index >= 15 is 0 Å². The number of hydrogen-bond donors (Lipinski definition) is 1. The Morgan fingerprint density at radius 1 is 1.03 bits per heavy atom. The second-order valence-corrected chi connectivity index (χ2v) is 7.16. The first kappa shape index (κ1) is 19.5.